The maximum Gasteiger partial charge on any atom is 0.119 e. The van der Waals surface area contributed by atoms with Crippen LogP contribution in [-0.4, -0.2) is 25.9 Å². The SMILES string of the molecule is CCOc1cccc(CNCCCOC(C)C)c1.Cl. The van der Waals surface area contributed by atoms with Crippen LogP contribution in [0, 0.1) is 0 Å². The van der Waals surface area contributed by atoms with Crippen molar-refractivity contribution >= 4 is 12.4 Å². The number of rotatable bonds is 9. The number of hydrogen-bond acceptors (Lipinski definition) is 3. The van der Waals surface area contributed by atoms with Crippen molar-refractivity contribution in [1.29, 1.82) is 0 Å². The highest BCUT2D eigenvalue weighted by Crippen LogP contribution is 2.12. The number of hydrogen-bond donors (Lipinski definition) is 1. The molecule has 0 amide bonds. The molecule has 4 heteroatoms. The first kappa shape index (κ1) is 18.2. The van der Waals surface area contributed by atoms with Crippen molar-refractivity contribution < 1.29 is 9.47 Å². The van der Waals surface area contributed by atoms with Gasteiger partial charge in [0.15, 0.2) is 0 Å². The standard InChI is InChI=1S/C15H25NO2.ClH/c1-4-17-15-8-5-7-14(11-15)12-16-9-6-10-18-13(2)3;/h5,7-8,11,13,16H,4,6,9-10,12H2,1-3H3;1H. The van der Waals surface area contributed by atoms with Crippen molar-refractivity contribution in [1.82, 2.24) is 5.32 Å². The second-order valence-electron chi connectivity index (χ2n) is 4.53. The summed E-state index contributed by atoms with van der Waals surface area (Å²) in [5.74, 6) is 0.944. The van der Waals surface area contributed by atoms with Crippen LogP contribution >= 0.6 is 12.4 Å². The Hall–Kier alpha value is -0.770. The van der Waals surface area contributed by atoms with Gasteiger partial charge in [0.1, 0.15) is 5.75 Å². The molecule has 0 spiro atoms. The summed E-state index contributed by atoms with van der Waals surface area (Å²) in [5, 5.41) is 3.41. The van der Waals surface area contributed by atoms with Gasteiger partial charge in [-0.3, -0.25) is 0 Å². The Morgan fingerprint density at radius 3 is 2.74 bits per heavy atom. The van der Waals surface area contributed by atoms with Gasteiger partial charge in [0.25, 0.3) is 0 Å². The Labute approximate surface area is 123 Å². The lowest BCUT2D eigenvalue weighted by Gasteiger charge is -2.09. The third-order valence-corrected chi connectivity index (χ3v) is 2.49. The predicted molar refractivity (Wildman–Crippen MR) is 82.3 cm³/mol. The van der Waals surface area contributed by atoms with Gasteiger partial charge in [-0.05, 0) is 51.4 Å². The molecule has 0 atom stereocenters. The van der Waals surface area contributed by atoms with Gasteiger partial charge in [-0.1, -0.05) is 12.1 Å². The normalized spacial score (nSPS) is 10.3. The molecule has 0 aliphatic rings. The first-order valence-electron chi connectivity index (χ1n) is 6.76. The van der Waals surface area contributed by atoms with E-state index in [1.165, 1.54) is 5.56 Å². The lowest BCUT2D eigenvalue weighted by Crippen LogP contribution is -2.17. The smallest absolute Gasteiger partial charge is 0.119 e. The lowest BCUT2D eigenvalue weighted by atomic mass is 10.2. The molecule has 110 valence electrons. The minimum atomic E-state index is 0. The molecule has 19 heavy (non-hydrogen) atoms. The minimum Gasteiger partial charge on any atom is -0.494 e. The van der Waals surface area contributed by atoms with Gasteiger partial charge < -0.3 is 14.8 Å². The first-order valence-corrected chi connectivity index (χ1v) is 6.76. The summed E-state index contributed by atoms with van der Waals surface area (Å²) in [6.45, 7) is 9.51. The Kier molecular flexibility index (Phi) is 10.6. The van der Waals surface area contributed by atoms with Gasteiger partial charge in [0, 0.05) is 13.2 Å². The van der Waals surface area contributed by atoms with Gasteiger partial charge in [0.2, 0.25) is 0 Å². The maximum atomic E-state index is 5.49. The van der Waals surface area contributed by atoms with Crippen LogP contribution in [0.3, 0.4) is 0 Å². The second kappa shape index (κ2) is 11.1. The molecule has 3 nitrogen and oxygen atoms in total. The van der Waals surface area contributed by atoms with Gasteiger partial charge in [0.05, 0.1) is 12.7 Å². The fraction of sp³-hybridized carbons (Fsp3) is 0.600. The predicted octanol–water partition coefficient (Wildman–Crippen LogP) is 3.41. The summed E-state index contributed by atoms with van der Waals surface area (Å²) in [6.07, 6.45) is 1.37. The van der Waals surface area contributed by atoms with E-state index >= 15 is 0 Å². The van der Waals surface area contributed by atoms with E-state index in [-0.39, 0.29) is 12.4 Å². The summed E-state index contributed by atoms with van der Waals surface area (Å²) < 4.78 is 11.0. The molecule has 0 unspecified atom stereocenters. The Morgan fingerprint density at radius 2 is 2.05 bits per heavy atom. The molecule has 1 N–H and O–H groups in total. The summed E-state index contributed by atoms with van der Waals surface area (Å²) in [6, 6.07) is 8.22. The lowest BCUT2D eigenvalue weighted by molar-refractivity contribution is 0.0770. The molecule has 0 radical (unpaired) electrons. The van der Waals surface area contributed by atoms with Gasteiger partial charge in [-0.15, -0.1) is 12.4 Å². The molecular formula is C15H26ClNO2. The molecule has 1 rings (SSSR count). The molecular weight excluding hydrogens is 262 g/mol. The fourth-order valence-corrected chi connectivity index (χ4v) is 1.66. The molecule has 0 heterocycles. The molecule has 0 aliphatic carbocycles. The van der Waals surface area contributed by atoms with Crippen molar-refractivity contribution in [2.75, 3.05) is 19.8 Å². The third kappa shape index (κ3) is 8.87. The largest absolute Gasteiger partial charge is 0.494 e. The molecule has 0 fully saturated rings. The van der Waals surface area contributed by atoms with E-state index in [9.17, 15) is 0 Å². The molecule has 1 aromatic rings. The van der Waals surface area contributed by atoms with E-state index in [0.717, 1.165) is 31.9 Å². The van der Waals surface area contributed by atoms with Crippen molar-refractivity contribution in [3.63, 3.8) is 0 Å². The first-order chi connectivity index (χ1) is 8.72. The quantitative estimate of drug-likeness (QED) is 0.706. The van der Waals surface area contributed by atoms with E-state index in [1.807, 2.05) is 19.1 Å². The molecule has 0 saturated carbocycles. The Balaban J connectivity index is 0.00000324. The molecule has 0 aliphatic heterocycles. The third-order valence-electron chi connectivity index (χ3n) is 2.49. The van der Waals surface area contributed by atoms with Crippen LogP contribution in [0.25, 0.3) is 0 Å². The fourth-order valence-electron chi connectivity index (χ4n) is 1.66. The van der Waals surface area contributed by atoms with E-state index in [2.05, 4.69) is 31.3 Å². The van der Waals surface area contributed by atoms with Gasteiger partial charge >= 0.3 is 0 Å². The van der Waals surface area contributed by atoms with Gasteiger partial charge in [-0.2, -0.15) is 0 Å². The summed E-state index contributed by atoms with van der Waals surface area (Å²) >= 11 is 0. The maximum absolute atomic E-state index is 5.49. The molecule has 0 saturated heterocycles. The van der Waals surface area contributed by atoms with Crippen molar-refractivity contribution in [2.24, 2.45) is 0 Å². The topological polar surface area (TPSA) is 30.5 Å². The van der Waals surface area contributed by atoms with Crippen LogP contribution in [0.5, 0.6) is 5.75 Å². The highest BCUT2D eigenvalue weighted by atomic mass is 35.5. The van der Waals surface area contributed by atoms with Crippen molar-refractivity contribution in [3.05, 3.63) is 29.8 Å². The summed E-state index contributed by atoms with van der Waals surface area (Å²) in [5.41, 5.74) is 1.26. The Morgan fingerprint density at radius 1 is 1.26 bits per heavy atom. The Bertz CT molecular complexity index is 332. The number of ether oxygens (including phenoxy) is 2. The van der Waals surface area contributed by atoms with Crippen LogP contribution in [0.1, 0.15) is 32.8 Å². The number of benzene rings is 1. The molecule has 1 aromatic carbocycles. The van der Waals surface area contributed by atoms with Crippen LogP contribution in [0.15, 0.2) is 24.3 Å². The van der Waals surface area contributed by atoms with Crippen LogP contribution in [0.4, 0.5) is 0 Å². The second-order valence-corrected chi connectivity index (χ2v) is 4.53. The van der Waals surface area contributed by atoms with Crippen LogP contribution in [-0.2, 0) is 11.3 Å². The average molecular weight is 288 g/mol. The zero-order valence-electron chi connectivity index (χ0n) is 12.1. The van der Waals surface area contributed by atoms with E-state index < -0.39 is 0 Å². The highest BCUT2D eigenvalue weighted by molar-refractivity contribution is 5.85. The summed E-state index contributed by atoms with van der Waals surface area (Å²) in [4.78, 5) is 0. The van der Waals surface area contributed by atoms with E-state index in [4.69, 9.17) is 9.47 Å². The zero-order valence-corrected chi connectivity index (χ0v) is 13.0. The number of halogens is 1. The number of nitrogens with one attached hydrogen (secondary N) is 1. The minimum absolute atomic E-state index is 0. The molecule has 0 aromatic heterocycles. The van der Waals surface area contributed by atoms with Crippen LogP contribution in [0.2, 0.25) is 0 Å². The highest BCUT2D eigenvalue weighted by Gasteiger charge is 1.97. The zero-order chi connectivity index (χ0) is 13.2. The monoisotopic (exact) mass is 287 g/mol. The molecule has 0 bridgehead atoms. The van der Waals surface area contributed by atoms with Crippen molar-refractivity contribution in [3.8, 4) is 5.75 Å². The van der Waals surface area contributed by atoms with Crippen molar-refractivity contribution in [2.45, 2.75) is 39.8 Å². The van der Waals surface area contributed by atoms with Gasteiger partial charge in [-0.25, -0.2) is 0 Å². The average Bonchev–Trinajstić information content (AvgIpc) is 2.34. The van der Waals surface area contributed by atoms with E-state index in [0.29, 0.717) is 12.7 Å². The van der Waals surface area contributed by atoms with Crippen LogP contribution < -0.4 is 10.1 Å². The van der Waals surface area contributed by atoms with E-state index in [1.54, 1.807) is 0 Å². The summed E-state index contributed by atoms with van der Waals surface area (Å²) in [7, 11) is 0.